The molecule has 0 aliphatic carbocycles. The van der Waals surface area contributed by atoms with Crippen LogP contribution in [-0.4, -0.2) is 44.3 Å². The molecule has 32 heavy (non-hydrogen) atoms. The summed E-state index contributed by atoms with van der Waals surface area (Å²) in [5.74, 6) is -3.98. The highest BCUT2D eigenvalue weighted by molar-refractivity contribution is 5.99. The molecule has 0 aliphatic heterocycles. The summed E-state index contributed by atoms with van der Waals surface area (Å²) in [6.07, 6.45) is 0. The van der Waals surface area contributed by atoms with Gasteiger partial charge in [0.25, 0.3) is 0 Å². The topological polar surface area (TPSA) is 149 Å². The minimum atomic E-state index is -0.996. The third-order valence-corrected chi connectivity index (χ3v) is 4.67. The van der Waals surface area contributed by atoms with E-state index in [0.29, 0.717) is 21.5 Å². The maximum Gasteiger partial charge on any atom is 0.335 e. The monoisotopic (exact) mass is 432 g/mol. The molecular formula is C24H16O8. The van der Waals surface area contributed by atoms with E-state index in [-0.39, 0.29) is 22.3 Å². The maximum atomic E-state index is 10.7. The van der Waals surface area contributed by atoms with Crippen LogP contribution in [-0.2, 0) is 0 Å². The first-order valence-corrected chi connectivity index (χ1v) is 9.16. The van der Waals surface area contributed by atoms with Crippen LogP contribution in [0, 0.1) is 0 Å². The Bertz CT molecular complexity index is 1170. The lowest BCUT2D eigenvalue weighted by Crippen LogP contribution is -1.97. The predicted molar refractivity (Wildman–Crippen MR) is 116 cm³/mol. The largest absolute Gasteiger partial charge is 0.478 e. The molecule has 0 aromatic heterocycles. The van der Waals surface area contributed by atoms with Gasteiger partial charge in [-0.3, -0.25) is 0 Å². The van der Waals surface area contributed by atoms with Crippen LogP contribution in [0.3, 0.4) is 0 Å². The number of fused-ring (bicyclic) bond motifs is 2. The summed E-state index contributed by atoms with van der Waals surface area (Å²) in [4.78, 5) is 42.9. The molecule has 4 aromatic rings. The number of hydrogen-bond acceptors (Lipinski definition) is 4. The summed E-state index contributed by atoms with van der Waals surface area (Å²) in [7, 11) is 0. The molecule has 0 saturated carbocycles. The summed E-state index contributed by atoms with van der Waals surface area (Å²) in [6.45, 7) is 0. The summed E-state index contributed by atoms with van der Waals surface area (Å²) in [5, 5.41) is 38.0. The van der Waals surface area contributed by atoms with Gasteiger partial charge < -0.3 is 20.4 Å². The zero-order valence-corrected chi connectivity index (χ0v) is 16.4. The highest BCUT2D eigenvalue weighted by Gasteiger charge is 2.07. The number of hydrogen-bond donors (Lipinski definition) is 4. The Hall–Kier alpha value is -4.72. The van der Waals surface area contributed by atoms with E-state index in [1.807, 2.05) is 0 Å². The number of benzene rings is 4. The molecule has 4 aromatic carbocycles. The molecule has 0 radical (unpaired) electrons. The van der Waals surface area contributed by atoms with Crippen molar-refractivity contribution < 1.29 is 39.6 Å². The van der Waals surface area contributed by atoms with Crippen LogP contribution in [0.2, 0.25) is 0 Å². The Kier molecular flexibility index (Phi) is 6.16. The molecule has 4 N–H and O–H groups in total. The van der Waals surface area contributed by atoms with Crippen LogP contribution >= 0.6 is 0 Å². The lowest BCUT2D eigenvalue weighted by molar-refractivity contribution is 0.0686. The average molecular weight is 432 g/mol. The van der Waals surface area contributed by atoms with Crippen molar-refractivity contribution in [1.82, 2.24) is 0 Å². The second kappa shape index (κ2) is 8.97. The van der Waals surface area contributed by atoms with Gasteiger partial charge in [-0.1, -0.05) is 24.3 Å². The number of rotatable bonds is 4. The lowest BCUT2D eigenvalue weighted by Gasteiger charge is -2.01. The van der Waals surface area contributed by atoms with Gasteiger partial charge in [-0.15, -0.1) is 0 Å². The van der Waals surface area contributed by atoms with Gasteiger partial charge >= 0.3 is 23.9 Å². The molecular weight excluding hydrogens is 416 g/mol. The van der Waals surface area contributed by atoms with E-state index in [2.05, 4.69) is 0 Å². The predicted octanol–water partition coefficient (Wildman–Crippen LogP) is 4.47. The van der Waals surface area contributed by atoms with Crippen molar-refractivity contribution >= 4 is 45.4 Å². The summed E-state index contributed by atoms with van der Waals surface area (Å²) in [6, 6.07) is 18.3. The van der Waals surface area contributed by atoms with Gasteiger partial charge in [0.05, 0.1) is 22.3 Å². The van der Waals surface area contributed by atoms with Crippen LogP contribution in [0.25, 0.3) is 21.5 Å². The van der Waals surface area contributed by atoms with E-state index in [4.69, 9.17) is 20.4 Å². The number of carbonyl (C=O) groups is 4. The highest BCUT2D eigenvalue weighted by Crippen LogP contribution is 2.19. The van der Waals surface area contributed by atoms with E-state index in [1.165, 1.54) is 48.5 Å². The van der Waals surface area contributed by atoms with Crippen LogP contribution in [0.5, 0.6) is 0 Å². The quantitative estimate of drug-likeness (QED) is 0.369. The average Bonchev–Trinajstić information content (AvgIpc) is 2.77. The first-order chi connectivity index (χ1) is 15.2. The van der Waals surface area contributed by atoms with Crippen LogP contribution in [0.1, 0.15) is 41.4 Å². The Morgan fingerprint density at radius 3 is 0.719 bits per heavy atom. The van der Waals surface area contributed by atoms with Crippen molar-refractivity contribution in [2.24, 2.45) is 0 Å². The lowest BCUT2D eigenvalue weighted by atomic mass is 10.0. The maximum absolute atomic E-state index is 10.7. The Morgan fingerprint density at radius 2 is 0.562 bits per heavy atom. The van der Waals surface area contributed by atoms with E-state index >= 15 is 0 Å². The molecule has 8 heteroatoms. The first-order valence-electron chi connectivity index (χ1n) is 9.16. The molecule has 0 amide bonds. The van der Waals surface area contributed by atoms with Crippen LogP contribution in [0.4, 0.5) is 0 Å². The van der Waals surface area contributed by atoms with E-state index in [0.717, 1.165) is 0 Å². The fraction of sp³-hybridized carbons (Fsp3) is 0. The van der Waals surface area contributed by atoms with E-state index < -0.39 is 23.9 Å². The number of carboxylic acid groups (broad SMARTS) is 4. The van der Waals surface area contributed by atoms with E-state index in [1.54, 1.807) is 24.3 Å². The molecule has 0 atom stereocenters. The zero-order valence-electron chi connectivity index (χ0n) is 16.4. The highest BCUT2D eigenvalue weighted by atomic mass is 16.4. The Balaban J connectivity index is 0.000000181. The van der Waals surface area contributed by atoms with Crippen molar-refractivity contribution in [3.05, 3.63) is 95.1 Å². The van der Waals surface area contributed by atoms with Crippen molar-refractivity contribution in [2.75, 3.05) is 0 Å². The Morgan fingerprint density at radius 1 is 0.375 bits per heavy atom. The molecule has 0 bridgehead atoms. The number of carboxylic acids is 4. The molecule has 0 saturated heterocycles. The van der Waals surface area contributed by atoms with Crippen molar-refractivity contribution in [3.8, 4) is 0 Å². The minimum Gasteiger partial charge on any atom is -0.478 e. The molecule has 0 spiro atoms. The van der Waals surface area contributed by atoms with Gasteiger partial charge in [-0.05, 0) is 70.1 Å². The minimum absolute atomic E-state index is 0.190. The number of aromatic carboxylic acids is 4. The smallest absolute Gasteiger partial charge is 0.335 e. The van der Waals surface area contributed by atoms with Crippen molar-refractivity contribution in [1.29, 1.82) is 0 Å². The standard InChI is InChI=1S/2C12H8O4/c2*13-11(14)9-3-1-7-5-10(12(15)16)4-2-8(7)6-9/h2*1-6H,(H,13,14)(H,15,16). The van der Waals surface area contributed by atoms with Gasteiger partial charge in [0.1, 0.15) is 0 Å². The molecule has 0 fully saturated rings. The van der Waals surface area contributed by atoms with Crippen LogP contribution in [0.15, 0.2) is 72.8 Å². The molecule has 8 nitrogen and oxygen atoms in total. The first kappa shape index (κ1) is 22.0. The molecule has 4 rings (SSSR count). The SMILES string of the molecule is O=C(O)c1ccc2cc(C(=O)O)ccc2c1.O=C(O)c1ccc2cc(C(=O)O)ccc2c1. The fourth-order valence-corrected chi connectivity index (χ4v) is 3.02. The summed E-state index contributed by atoms with van der Waals surface area (Å²) >= 11 is 0. The normalized spacial score (nSPS) is 10.2. The van der Waals surface area contributed by atoms with Crippen molar-refractivity contribution in [2.45, 2.75) is 0 Å². The molecule has 0 heterocycles. The molecule has 0 unspecified atom stereocenters. The summed E-state index contributed by atoms with van der Waals surface area (Å²) in [5.41, 5.74) is 0.761. The van der Waals surface area contributed by atoms with Crippen LogP contribution < -0.4 is 0 Å². The molecule has 160 valence electrons. The zero-order chi connectivity index (χ0) is 23.4. The van der Waals surface area contributed by atoms with E-state index in [9.17, 15) is 19.2 Å². The van der Waals surface area contributed by atoms with Crippen molar-refractivity contribution in [3.63, 3.8) is 0 Å². The van der Waals surface area contributed by atoms with Gasteiger partial charge in [0.2, 0.25) is 0 Å². The Labute approximate surface area is 180 Å². The third kappa shape index (κ3) is 4.88. The summed E-state index contributed by atoms with van der Waals surface area (Å²) < 4.78 is 0. The van der Waals surface area contributed by atoms with Gasteiger partial charge in [0.15, 0.2) is 0 Å². The second-order valence-electron chi connectivity index (χ2n) is 6.77. The second-order valence-corrected chi connectivity index (χ2v) is 6.77. The third-order valence-electron chi connectivity index (χ3n) is 4.67. The van der Waals surface area contributed by atoms with Gasteiger partial charge in [-0.25, -0.2) is 19.2 Å². The molecule has 0 aliphatic rings. The van der Waals surface area contributed by atoms with Gasteiger partial charge in [0, 0.05) is 0 Å². The van der Waals surface area contributed by atoms with Gasteiger partial charge in [-0.2, -0.15) is 0 Å². The fourth-order valence-electron chi connectivity index (χ4n) is 3.02.